The highest BCUT2D eigenvalue weighted by Crippen LogP contribution is 2.23. The van der Waals surface area contributed by atoms with Gasteiger partial charge in [0.15, 0.2) is 11.6 Å². The van der Waals surface area contributed by atoms with E-state index in [0.29, 0.717) is 12.1 Å². The van der Waals surface area contributed by atoms with E-state index in [9.17, 15) is 9.18 Å². The Morgan fingerprint density at radius 3 is 2.56 bits per heavy atom. The second-order valence-electron chi connectivity index (χ2n) is 4.62. The summed E-state index contributed by atoms with van der Waals surface area (Å²) >= 11 is 0. The molecule has 18 heavy (non-hydrogen) atoms. The van der Waals surface area contributed by atoms with E-state index in [2.05, 4.69) is 5.32 Å². The molecule has 0 radical (unpaired) electrons. The first-order valence-electron chi connectivity index (χ1n) is 6.03. The summed E-state index contributed by atoms with van der Waals surface area (Å²) in [5.41, 5.74) is 0.675. The standard InChI is InChI=1S/C14H20FNO2/c1-9(2)16-8-12(10(3)17)11-5-6-14(18-4)13(15)7-11/h5-7,9,12,16H,8H2,1-4H3/t12-/m0/s1. The van der Waals surface area contributed by atoms with Crippen molar-refractivity contribution in [1.82, 2.24) is 5.32 Å². The normalized spacial score (nSPS) is 12.6. The van der Waals surface area contributed by atoms with Gasteiger partial charge in [-0.15, -0.1) is 0 Å². The number of hydrogen-bond acceptors (Lipinski definition) is 3. The summed E-state index contributed by atoms with van der Waals surface area (Å²) in [6.07, 6.45) is 0. The molecule has 0 aliphatic rings. The summed E-state index contributed by atoms with van der Waals surface area (Å²) in [7, 11) is 1.42. The highest BCUT2D eigenvalue weighted by molar-refractivity contribution is 5.83. The van der Waals surface area contributed by atoms with Crippen LogP contribution in [0.1, 0.15) is 32.3 Å². The van der Waals surface area contributed by atoms with Crippen molar-refractivity contribution in [3.05, 3.63) is 29.6 Å². The summed E-state index contributed by atoms with van der Waals surface area (Å²) < 4.78 is 18.5. The van der Waals surface area contributed by atoms with Crippen LogP contribution in [0.5, 0.6) is 5.75 Å². The lowest BCUT2D eigenvalue weighted by atomic mass is 9.95. The molecule has 1 rings (SSSR count). The largest absolute Gasteiger partial charge is 0.494 e. The van der Waals surface area contributed by atoms with Gasteiger partial charge in [0.05, 0.1) is 13.0 Å². The highest BCUT2D eigenvalue weighted by atomic mass is 19.1. The molecule has 0 amide bonds. The van der Waals surface area contributed by atoms with Gasteiger partial charge < -0.3 is 10.1 Å². The summed E-state index contributed by atoms with van der Waals surface area (Å²) in [6, 6.07) is 4.94. The van der Waals surface area contributed by atoms with E-state index in [1.54, 1.807) is 12.1 Å². The molecule has 0 aliphatic heterocycles. The Balaban J connectivity index is 2.92. The van der Waals surface area contributed by atoms with Crippen LogP contribution in [0.15, 0.2) is 18.2 Å². The number of hydrogen-bond donors (Lipinski definition) is 1. The van der Waals surface area contributed by atoms with Gasteiger partial charge in [-0.3, -0.25) is 4.79 Å². The van der Waals surface area contributed by atoms with Crippen molar-refractivity contribution in [2.75, 3.05) is 13.7 Å². The predicted octanol–water partition coefficient (Wildman–Crippen LogP) is 2.50. The number of nitrogens with one attached hydrogen (secondary N) is 1. The lowest BCUT2D eigenvalue weighted by molar-refractivity contribution is -0.118. The Morgan fingerprint density at radius 1 is 1.44 bits per heavy atom. The zero-order valence-corrected chi connectivity index (χ0v) is 11.3. The summed E-state index contributed by atoms with van der Waals surface area (Å²) in [5.74, 6) is -0.552. The molecule has 0 spiro atoms. The zero-order valence-electron chi connectivity index (χ0n) is 11.3. The fourth-order valence-corrected chi connectivity index (χ4v) is 1.75. The third-order valence-corrected chi connectivity index (χ3v) is 2.80. The molecule has 0 aliphatic carbocycles. The van der Waals surface area contributed by atoms with Gasteiger partial charge in [0.2, 0.25) is 0 Å². The summed E-state index contributed by atoms with van der Waals surface area (Å²) in [5, 5.41) is 3.20. The van der Waals surface area contributed by atoms with E-state index in [0.717, 1.165) is 0 Å². The quantitative estimate of drug-likeness (QED) is 0.846. The molecule has 1 aromatic carbocycles. The monoisotopic (exact) mass is 253 g/mol. The fraction of sp³-hybridized carbons (Fsp3) is 0.500. The van der Waals surface area contributed by atoms with Crippen LogP contribution in [-0.4, -0.2) is 25.5 Å². The van der Waals surface area contributed by atoms with Crippen LogP contribution in [-0.2, 0) is 4.79 Å². The minimum Gasteiger partial charge on any atom is -0.494 e. The van der Waals surface area contributed by atoms with E-state index in [1.165, 1.54) is 20.1 Å². The van der Waals surface area contributed by atoms with Gasteiger partial charge in [-0.1, -0.05) is 19.9 Å². The number of benzene rings is 1. The number of Topliss-reactive ketones (excluding diaryl/α,β-unsaturated/α-hetero) is 1. The molecule has 0 saturated heterocycles. The maximum Gasteiger partial charge on any atom is 0.165 e. The molecule has 0 heterocycles. The first-order valence-corrected chi connectivity index (χ1v) is 6.03. The molecule has 1 N–H and O–H groups in total. The SMILES string of the molecule is COc1ccc([C@@H](CNC(C)C)C(C)=O)cc1F. The number of ether oxygens (including phenoxy) is 1. The zero-order chi connectivity index (χ0) is 13.7. The maximum atomic E-state index is 13.6. The number of carbonyl (C=O) groups excluding carboxylic acids is 1. The van der Waals surface area contributed by atoms with Crippen molar-refractivity contribution in [3.8, 4) is 5.75 Å². The summed E-state index contributed by atoms with van der Waals surface area (Å²) in [4.78, 5) is 11.6. The molecule has 1 atom stereocenters. The van der Waals surface area contributed by atoms with Crippen LogP contribution in [0.2, 0.25) is 0 Å². The fourth-order valence-electron chi connectivity index (χ4n) is 1.75. The van der Waals surface area contributed by atoms with Gasteiger partial charge in [0, 0.05) is 12.6 Å². The van der Waals surface area contributed by atoms with Crippen molar-refractivity contribution >= 4 is 5.78 Å². The molecule has 4 heteroatoms. The van der Waals surface area contributed by atoms with Gasteiger partial charge in [-0.2, -0.15) is 0 Å². The van der Waals surface area contributed by atoms with Gasteiger partial charge in [-0.05, 0) is 24.6 Å². The average molecular weight is 253 g/mol. The van der Waals surface area contributed by atoms with E-state index >= 15 is 0 Å². The van der Waals surface area contributed by atoms with Gasteiger partial charge in [-0.25, -0.2) is 4.39 Å². The van der Waals surface area contributed by atoms with Crippen LogP contribution in [0, 0.1) is 5.82 Å². The Labute approximate surface area is 107 Å². The minimum absolute atomic E-state index is 0.0210. The molecular weight excluding hydrogens is 233 g/mol. The van der Waals surface area contributed by atoms with Gasteiger partial charge in [0.25, 0.3) is 0 Å². The van der Waals surface area contributed by atoms with Crippen LogP contribution in [0.4, 0.5) is 4.39 Å². The first kappa shape index (κ1) is 14.6. The Kier molecular flexibility index (Phi) is 5.28. The molecule has 0 aromatic heterocycles. The molecule has 0 bridgehead atoms. The van der Waals surface area contributed by atoms with Crippen LogP contribution in [0.3, 0.4) is 0 Å². The van der Waals surface area contributed by atoms with Gasteiger partial charge in [0.1, 0.15) is 5.78 Å². The third kappa shape index (κ3) is 3.81. The third-order valence-electron chi connectivity index (χ3n) is 2.80. The molecule has 100 valence electrons. The number of ketones is 1. The second-order valence-corrected chi connectivity index (χ2v) is 4.62. The van der Waals surface area contributed by atoms with Crippen LogP contribution < -0.4 is 10.1 Å². The van der Waals surface area contributed by atoms with Crippen molar-refractivity contribution in [2.24, 2.45) is 0 Å². The number of rotatable bonds is 6. The molecule has 0 unspecified atom stereocenters. The predicted molar refractivity (Wildman–Crippen MR) is 69.5 cm³/mol. The van der Waals surface area contributed by atoms with E-state index < -0.39 is 5.82 Å². The van der Waals surface area contributed by atoms with Crippen molar-refractivity contribution in [2.45, 2.75) is 32.7 Å². The Morgan fingerprint density at radius 2 is 2.11 bits per heavy atom. The van der Waals surface area contributed by atoms with Crippen LogP contribution >= 0.6 is 0 Å². The first-order chi connectivity index (χ1) is 8.45. The number of carbonyl (C=O) groups is 1. The summed E-state index contributed by atoms with van der Waals surface area (Å²) in [6.45, 7) is 6.05. The molecule has 0 saturated carbocycles. The Hall–Kier alpha value is -1.42. The minimum atomic E-state index is -0.439. The Bertz CT molecular complexity index is 418. The second kappa shape index (κ2) is 6.50. The maximum absolute atomic E-state index is 13.6. The molecule has 1 aromatic rings. The number of methoxy groups -OCH3 is 1. The van der Waals surface area contributed by atoms with E-state index in [4.69, 9.17) is 4.74 Å². The topological polar surface area (TPSA) is 38.3 Å². The number of halogens is 1. The lowest BCUT2D eigenvalue weighted by Crippen LogP contribution is -2.30. The lowest BCUT2D eigenvalue weighted by Gasteiger charge is -2.17. The van der Waals surface area contributed by atoms with Crippen molar-refractivity contribution in [3.63, 3.8) is 0 Å². The van der Waals surface area contributed by atoms with Crippen molar-refractivity contribution in [1.29, 1.82) is 0 Å². The highest BCUT2D eigenvalue weighted by Gasteiger charge is 2.18. The smallest absolute Gasteiger partial charge is 0.165 e. The average Bonchev–Trinajstić information content (AvgIpc) is 2.28. The van der Waals surface area contributed by atoms with E-state index in [-0.39, 0.29) is 23.5 Å². The van der Waals surface area contributed by atoms with Crippen molar-refractivity contribution < 1.29 is 13.9 Å². The molecule has 3 nitrogen and oxygen atoms in total. The van der Waals surface area contributed by atoms with Crippen LogP contribution in [0.25, 0.3) is 0 Å². The van der Waals surface area contributed by atoms with Gasteiger partial charge >= 0.3 is 0 Å². The molecular formula is C14H20FNO2. The van der Waals surface area contributed by atoms with E-state index in [1.807, 2.05) is 13.8 Å². The molecule has 0 fully saturated rings.